The number of aromatic nitrogens is 3. The van der Waals surface area contributed by atoms with E-state index in [0.29, 0.717) is 25.5 Å². The number of carbonyl (C=O) groups is 1. The van der Waals surface area contributed by atoms with Crippen LogP contribution >= 0.6 is 0 Å². The second kappa shape index (κ2) is 11.6. The Labute approximate surface area is 181 Å². The molecule has 0 spiro atoms. The van der Waals surface area contributed by atoms with Crippen molar-refractivity contribution in [1.82, 2.24) is 20.0 Å². The van der Waals surface area contributed by atoms with Crippen LogP contribution in [0.1, 0.15) is 42.6 Å². The summed E-state index contributed by atoms with van der Waals surface area (Å²) in [5.41, 5.74) is 1.65. The Morgan fingerprint density at radius 2 is 2.10 bits per heavy atom. The van der Waals surface area contributed by atoms with E-state index in [0.717, 1.165) is 42.2 Å². The van der Waals surface area contributed by atoms with E-state index < -0.39 is 5.97 Å². The third-order valence-electron chi connectivity index (χ3n) is 4.48. The molecular formula is C23H26N4O4. The number of hydrogen-bond donors (Lipinski definition) is 2. The number of ether oxygens (including phenoxy) is 1. The summed E-state index contributed by atoms with van der Waals surface area (Å²) in [6.45, 7) is 4.42. The van der Waals surface area contributed by atoms with E-state index in [-0.39, 0.29) is 6.42 Å². The van der Waals surface area contributed by atoms with Crippen molar-refractivity contribution in [2.75, 3.05) is 19.7 Å². The molecule has 31 heavy (non-hydrogen) atoms. The first-order valence-electron chi connectivity index (χ1n) is 10.3. The highest BCUT2D eigenvalue weighted by Gasteiger charge is 2.06. The van der Waals surface area contributed by atoms with Crippen LogP contribution in [-0.2, 0) is 17.8 Å². The predicted molar refractivity (Wildman–Crippen MR) is 115 cm³/mol. The number of rotatable bonds is 11. The largest absolute Gasteiger partial charge is 0.494 e. The molecule has 3 rings (SSSR count). The van der Waals surface area contributed by atoms with Gasteiger partial charge in [0, 0.05) is 37.0 Å². The Morgan fingerprint density at radius 3 is 2.87 bits per heavy atom. The fourth-order valence-corrected chi connectivity index (χ4v) is 2.89. The average Bonchev–Trinajstić information content (AvgIpc) is 3.41. The van der Waals surface area contributed by atoms with Crippen LogP contribution < -0.4 is 10.1 Å². The van der Waals surface area contributed by atoms with Crippen LogP contribution in [-0.4, -0.2) is 45.5 Å². The van der Waals surface area contributed by atoms with Crippen LogP contribution in [0, 0.1) is 11.8 Å². The first-order chi connectivity index (χ1) is 15.1. The smallest absolute Gasteiger partial charge is 0.304 e. The van der Waals surface area contributed by atoms with E-state index in [1.807, 2.05) is 41.1 Å². The number of benzene rings is 1. The van der Waals surface area contributed by atoms with E-state index in [9.17, 15) is 4.79 Å². The van der Waals surface area contributed by atoms with Crippen molar-refractivity contribution < 1.29 is 19.2 Å². The molecule has 2 N–H and O–H groups in total. The Balaban J connectivity index is 1.43. The number of carboxylic acid groups (broad SMARTS) is 1. The lowest BCUT2D eigenvalue weighted by atomic mass is 10.2. The van der Waals surface area contributed by atoms with Crippen molar-refractivity contribution >= 4 is 5.97 Å². The van der Waals surface area contributed by atoms with Gasteiger partial charge in [0.15, 0.2) is 0 Å². The minimum atomic E-state index is -0.796. The highest BCUT2D eigenvalue weighted by Crippen LogP contribution is 2.12. The van der Waals surface area contributed by atoms with Gasteiger partial charge in [-0.15, -0.1) is 0 Å². The zero-order valence-electron chi connectivity index (χ0n) is 17.5. The summed E-state index contributed by atoms with van der Waals surface area (Å²) in [7, 11) is 0. The van der Waals surface area contributed by atoms with Crippen LogP contribution in [0.4, 0.5) is 0 Å². The van der Waals surface area contributed by atoms with Crippen LogP contribution in [0.25, 0.3) is 0 Å². The van der Waals surface area contributed by atoms with Crippen molar-refractivity contribution in [1.29, 1.82) is 0 Å². The van der Waals surface area contributed by atoms with E-state index in [1.165, 1.54) is 0 Å². The molecule has 0 atom stereocenters. The molecule has 8 nitrogen and oxygen atoms in total. The fraction of sp³-hybridized carbons (Fsp3) is 0.348. The van der Waals surface area contributed by atoms with Crippen molar-refractivity contribution in [2.24, 2.45) is 0 Å². The van der Waals surface area contributed by atoms with Crippen molar-refractivity contribution in [3.05, 3.63) is 65.6 Å². The van der Waals surface area contributed by atoms with Crippen molar-refractivity contribution in [3.63, 3.8) is 0 Å². The zero-order valence-corrected chi connectivity index (χ0v) is 17.5. The minimum Gasteiger partial charge on any atom is -0.494 e. The molecule has 1 aromatic carbocycles. The lowest BCUT2D eigenvalue weighted by Gasteiger charge is -2.06. The maximum atomic E-state index is 10.4. The summed E-state index contributed by atoms with van der Waals surface area (Å²) >= 11 is 0. The molecule has 0 bridgehead atoms. The predicted octanol–water partition coefficient (Wildman–Crippen LogP) is 2.71. The molecule has 0 amide bonds. The monoisotopic (exact) mass is 422 g/mol. The van der Waals surface area contributed by atoms with Crippen LogP contribution in [0.5, 0.6) is 5.75 Å². The van der Waals surface area contributed by atoms with E-state index in [2.05, 4.69) is 34.2 Å². The second-order valence-corrected chi connectivity index (χ2v) is 6.88. The third kappa shape index (κ3) is 7.32. The SMILES string of the molecule is CCc1nccn1Cc1cc(C#Cc2ccc(OCCCNCCC(=O)O)cc2)on1. The molecule has 2 aromatic heterocycles. The van der Waals surface area contributed by atoms with Gasteiger partial charge in [-0.05, 0) is 43.2 Å². The molecule has 0 aliphatic heterocycles. The highest BCUT2D eigenvalue weighted by atomic mass is 16.5. The summed E-state index contributed by atoms with van der Waals surface area (Å²) in [4.78, 5) is 14.7. The molecule has 8 heteroatoms. The van der Waals surface area contributed by atoms with Gasteiger partial charge in [0.1, 0.15) is 17.3 Å². The number of nitrogens with one attached hydrogen (secondary N) is 1. The van der Waals surface area contributed by atoms with Gasteiger partial charge in [-0.3, -0.25) is 4.79 Å². The quantitative estimate of drug-likeness (QED) is 0.362. The third-order valence-corrected chi connectivity index (χ3v) is 4.48. The number of imidazole rings is 1. The fourth-order valence-electron chi connectivity index (χ4n) is 2.89. The molecule has 0 fully saturated rings. The summed E-state index contributed by atoms with van der Waals surface area (Å²) in [5, 5.41) is 15.7. The molecule has 3 aromatic rings. The molecule has 2 heterocycles. The topological polar surface area (TPSA) is 102 Å². The van der Waals surface area contributed by atoms with Gasteiger partial charge in [0.25, 0.3) is 0 Å². The van der Waals surface area contributed by atoms with Crippen LogP contribution in [0.3, 0.4) is 0 Å². The highest BCUT2D eigenvalue weighted by molar-refractivity contribution is 5.66. The standard InChI is InChI=1S/C23H26N4O4/c1-2-22-25-13-14-27(22)17-19-16-21(31-26-19)9-6-18-4-7-20(8-5-18)30-15-3-11-24-12-10-23(28)29/h4-5,7-8,13-14,16,24H,2-3,10-12,15,17H2,1H3,(H,28,29). The molecular weight excluding hydrogens is 396 g/mol. The van der Waals surface area contributed by atoms with E-state index in [1.54, 1.807) is 6.20 Å². The number of aliphatic carboxylic acids is 1. The van der Waals surface area contributed by atoms with Gasteiger partial charge in [0.05, 0.1) is 19.6 Å². The Morgan fingerprint density at radius 1 is 1.26 bits per heavy atom. The van der Waals surface area contributed by atoms with Crippen molar-refractivity contribution in [2.45, 2.75) is 32.7 Å². The number of nitrogens with zero attached hydrogens (tertiary/aromatic N) is 3. The minimum absolute atomic E-state index is 0.128. The number of aryl methyl sites for hydroxylation is 1. The molecule has 0 saturated carbocycles. The zero-order chi connectivity index (χ0) is 21.9. The van der Waals surface area contributed by atoms with Crippen molar-refractivity contribution in [3.8, 4) is 17.6 Å². The lowest BCUT2D eigenvalue weighted by Crippen LogP contribution is -2.20. The number of carboxylic acids is 1. The Bertz CT molecular complexity index is 1030. The van der Waals surface area contributed by atoms with Gasteiger partial charge >= 0.3 is 5.97 Å². The maximum Gasteiger partial charge on any atom is 0.304 e. The molecule has 0 unspecified atom stereocenters. The van der Waals surface area contributed by atoms with Gasteiger partial charge in [-0.2, -0.15) is 0 Å². The summed E-state index contributed by atoms with van der Waals surface area (Å²) in [6, 6.07) is 9.37. The first kappa shape index (κ1) is 22.1. The summed E-state index contributed by atoms with van der Waals surface area (Å²) in [5.74, 6) is 7.56. The van der Waals surface area contributed by atoms with Gasteiger partial charge in [-0.1, -0.05) is 18.0 Å². The molecule has 0 radical (unpaired) electrons. The molecule has 0 aliphatic carbocycles. The van der Waals surface area contributed by atoms with E-state index >= 15 is 0 Å². The van der Waals surface area contributed by atoms with Crippen LogP contribution in [0.15, 0.2) is 47.2 Å². The summed E-state index contributed by atoms with van der Waals surface area (Å²) < 4.78 is 13.0. The van der Waals surface area contributed by atoms with E-state index in [4.69, 9.17) is 14.4 Å². The average molecular weight is 422 g/mol. The molecule has 162 valence electrons. The Kier molecular flexibility index (Phi) is 8.26. The van der Waals surface area contributed by atoms with Gasteiger partial charge in [0.2, 0.25) is 5.76 Å². The maximum absolute atomic E-state index is 10.4. The normalized spacial score (nSPS) is 10.5. The Hall–Kier alpha value is -3.57. The summed E-state index contributed by atoms with van der Waals surface area (Å²) in [6.07, 6.45) is 5.50. The first-order valence-corrected chi connectivity index (χ1v) is 10.3. The molecule has 0 aliphatic rings. The number of hydrogen-bond acceptors (Lipinski definition) is 6. The lowest BCUT2D eigenvalue weighted by molar-refractivity contribution is -0.136. The second-order valence-electron chi connectivity index (χ2n) is 6.88. The molecule has 0 saturated heterocycles. The van der Waals surface area contributed by atoms with Gasteiger partial charge in [-0.25, -0.2) is 4.98 Å². The van der Waals surface area contributed by atoms with Gasteiger partial charge < -0.3 is 24.3 Å². The van der Waals surface area contributed by atoms with Crippen LogP contribution in [0.2, 0.25) is 0 Å².